The minimum absolute atomic E-state index is 0.0234. The van der Waals surface area contributed by atoms with E-state index in [-0.39, 0.29) is 12.2 Å². The average molecular weight is 376 g/mol. The number of hydrogen-bond donors (Lipinski definition) is 0. The van der Waals surface area contributed by atoms with Gasteiger partial charge in [0.05, 0.1) is 11.3 Å². The zero-order chi connectivity index (χ0) is 18.5. The molecule has 6 heteroatoms. The highest BCUT2D eigenvalue weighted by Gasteiger charge is 2.19. The maximum Gasteiger partial charge on any atom is 0.339 e. The molecule has 2 aromatic heterocycles. The Morgan fingerprint density at radius 1 is 1.22 bits per heavy atom. The molecule has 0 radical (unpaired) electrons. The van der Waals surface area contributed by atoms with Crippen LogP contribution in [0.1, 0.15) is 32.9 Å². The highest BCUT2D eigenvalue weighted by atomic mass is 32.1. The molecule has 0 atom stereocenters. The molecule has 0 aliphatic heterocycles. The van der Waals surface area contributed by atoms with Gasteiger partial charge in [0.2, 0.25) is 0 Å². The fraction of sp³-hybridized carbons (Fsp3) is 0.190. The fourth-order valence-corrected chi connectivity index (χ4v) is 4.71. The predicted octanol–water partition coefficient (Wildman–Crippen LogP) is 3.67. The molecule has 0 spiro atoms. The molecule has 0 fully saturated rings. The quantitative estimate of drug-likeness (QED) is 0.512. The Bertz CT molecular complexity index is 1280. The molecule has 4 aromatic rings. The molecule has 2 aromatic carbocycles. The molecule has 0 unspecified atom stereocenters. The van der Waals surface area contributed by atoms with Gasteiger partial charge in [0.25, 0.3) is 5.56 Å². The number of fused-ring (bicyclic) bond motifs is 1. The van der Waals surface area contributed by atoms with Gasteiger partial charge in [-0.05, 0) is 47.7 Å². The molecule has 1 aliphatic carbocycles. The van der Waals surface area contributed by atoms with Crippen LogP contribution in [0, 0.1) is 6.92 Å². The van der Waals surface area contributed by atoms with Crippen molar-refractivity contribution in [1.29, 1.82) is 0 Å². The maximum atomic E-state index is 12.7. The summed E-state index contributed by atoms with van der Waals surface area (Å²) < 4.78 is 7.04. The second-order valence-electron chi connectivity index (χ2n) is 6.77. The molecule has 0 saturated heterocycles. The van der Waals surface area contributed by atoms with E-state index in [4.69, 9.17) is 4.74 Å². The third kappa shape index (κ3) is 2.56. The average Bonchev–Trinajstić information content (AvgIpc) is 3.26. The van der Waals surface area contributed by atoms with Crippen LogP contribution in [0.15, 0.2) is 46.6 Å². The van der Waals surface area contributed by atoms with Gasteiger partial charge in [0.15, 0.2) is 4.96 Å². The monoisotopic (exact) mass is 376 g/mol. The maximum absolute atomic E-state index is 12.7. The zero-order valence-corrected chi connectivity index (χ0v) is 15.5. The SMILES string of the molecule is Cc1csc2nc(COC(=O)c3ccc4c5c(cccc35)CC4)cc(=O)n12. The van der Waals surface area contributed by atoms with E-state index in [1.54, 1.807) is 4.40 Å². The molecular weight excluding hydrogens is 360 g/mol. The third-order valence-electron chi connectivity index (χ3n) is 5.08. The number of aromatic nitrogens is 2. The summed E-state index contributed by atoms with van der Waals surface area (Å²) in [6.45, 7) is 1.84. The zero-order valence-electron chi connectivity index (χ0n) is 14.7. The van der Waals surface area contributed by atoms with Crippen molar-refractivity contribution in [2.75, 3.05) is 0 Å². The third-order valence-corrected chi connectivity index (χ3v) is 6.02. The van der Waals surface area contributed by atoms with Crippen LogP contribution >= 0.6 is 11.3 Å². The molecule has 0 amide bonds. The summed E-state index contributed by atoms with van der Waals surface area (Å²) in [5.41, 5.74) is 4.28. The van der Waals surface area contributed by atoms with E-state index in [1.165, 1.54) is 33.9 Å². The van der Waals surface area contributed by atoms with E-state index in [1.807, 2.05) is 36.6 Å². The van der Waals surface area contributed by atoms with Crippen LogP contribution in [-0.2, 0) is 24.2 Å². The van der Waals surface area contributed by atoms with Gasteiger partial charge in [-0.25, -0.2) is 9.78 Å². The first-order chi connectivity index (χ1) is 13.1. The van der Waals surface area contributed by atoms with Crippen LogP contribution in [0.2, 0.25) is 0 Å². The van der Waals surface area contributed by atoms with Crippen molar-refractivity contribution in [2.24, 2.45) is 0 Å². The lowest BCUT2D eigenvalue weighted by atomic mass is 10.00. The standard InChI is InChI=1S/C21H16N2O3S/c1-12-11-27-21-22-15(9-18(24)23(12)21)10-26-20(25)17-8-7-14-6-5-13-3-2-4-16(17)19(13)14/h2-4,7-9,11H,5-6,10H2,1H3. The van der Waals surface area contributed by atoms with Gasteiger partial charge >= 0.3 is 5.97 Å². The highest BCUT2D eigenvalue weighted by molar-refractivity contribution is 7.15. The Balaban J connectivity index is 1.45. The van der Waals surface area contributed by atoms with E-state index in [0.717, 1.165) is 23.9 Å². The van der Waals surface area contributed by atoms with Crippen LogP contribution in [0.4, 0.5) is 0 Å². The normalized spacial score (nSPS) is 12.8. The van der Waals surface area contributed by atoms with E-state index in [9.17, 15) is 9.59 Å². The number of aryl methyl sites for hydroxylation is 3. The Labute approximate surface area is 158 Å². The van der Waals surface area contributed by atoms with Crippen molar-refractivity contribution < 1.29 is 9.53 Å². The molecule has 0 saturated carbocycles. The van der Waals surface area contributed by atoms with Crippen LogP contribution in [0.25, 0.3) is 15.7 Å². The Hall–Kier alpha value is -2.99. The number of nitrogens with zero attached hydrogens (tertiary/aromatic N) is 2. The number of thiazole rings is 1. The summed E-state index contributed by atoms with van der Waals surface area (Å²) in [7, 11) is 0. The molecule has 5 rings (SSSR count). The molecule has 134 valence electrons. The fourth-order valence-electron chi connectivity index (χ4n) is 3.82. The molecule has 0 N–H and O–H groups in total. The van der Waals surface area contributed by atoms with Gasteiger partial charge < -0.3 is 4.74 Å². The molecule has 27 heavy (non-hydrogen) atoms. The number of esters is 1. The van der Waals surface area contributed by atoms with Crippen molar-refractivity contribution in [3.8, 4) is 0 Å². The van der Waals surface area contributed by atoms with E-state index in [2.05, 4.69) is 11.1 Å². The highest BCUT2D eigenvalue weighted by Crippen LogP contribution is 2.33. The van der Waals surface area contributed by atoms with Crippen LogP contribution in [0.3, 0.4) is 0 Å². The van der Waals surface area contributed by atoms with Gasteiger partial charge in [-0.3, -0.25) is 9.20 Å². The van der Waals surface area contributed by atoms with Crippen molar-refractivity contribution >= 4 is 33.0 Å². The van der Waals surface area contributed by atoms with E-state index < -0.39 is 5.97 Å². The van der Waals surface area contributed by atoms with Gasteiger partial charge in [-0.2, -0.15) is 0 Å². The van der Waals surface area contributed by atoms with Gasteiger partial charge in [-0.1, -0.05) is 24.3 Å². The summed E-state index contributed by atoms with van der Waals surface area (Å²) >= 11 is 1.40. The van der Waals surface area contributed by atoms with E-state index >= 15 is 0 Å². The van der Waals surface area contributed by atoms with Gasteiger partial charge in [0, 0.05) is 17.1 Å². The van der Waals surface area contributed by atoms with Crippen LogP contribution in [0.5, 0.6) is 0 Å². The number of ether oxygens (including phenoxy) is 1. The molecule has 0 bridgehead atoms. The number of carbonyl (C=O) groups is 1. The second-order valence-corrected chi connectivity index (χ2v) is 7.61. The largest absolute Gasteiger partial charge is 0.456 e. The first-order valence-electron chi connectivity index (χ1n) is 8.79. The molecule has 2 heterocycles. The first kappa shape index (κ1) is 16.2. The molecule has 1 aliphatic rings. The first-order valence-corrected chi connectivity index (χ1v) is 9.67. The lowest BCUT2D eigenvalue weighted by Gasteiger charge is -2.09. The number of rotatable bonds is 3. The Kier molecular flexibility index (Phi) is 3.62. The van der Waals surface area contributed by atoms with Crippen molar-refractivity contribution in [3.05, 3.63) is 80.2 Å². The molecule has 5 nitrogen and oxygen atoms in total. The van der Waals surface area contributed by atoms with E-state index in [0.29, 0.717) is 16.2 Å². The van der Waals surface area contributed by atoms with Crippen molar-refractivity contribution in [1.82, 2.24) is 9.38 Å². The predicted molar refractivity (Wildman–Crippen MR) is 105 cm³/mol. The Morgan fingerprint density at radius 3 is 2.89 bits per heavy atom. The van der Waals surface area contributed by atoms with Gasteiger partial charge in [-0.15, -0.1) is 11.3 Å². The lowest BCUT2D eigenvalue weighted by Crippen LogP contribution is -2.16. The van der Waals surface area contributed by atoms with Crippen LogP contribution in [-0.4, -0.2) is 15.4 Å². The minimum Gasteiger partial charge on any atom is -0.456 e. The summed E-state index contributed by atoms with van der Waals surface area (Å²) in [5.74, 6) is -0.394. The van der Waals surface area contributed by atoms with Crippen molar-refractivity contribution in [3.63, 3.8) is 0 Å². The Morgan fingerprint density at radius 2 is 2.04 bits per heavy atom. The lowest BCUT2D eigenvalue weighted by molar-refractivity contribution is 0.0470. The summed E-state index contributed by atoms with van der Waals surface area (Å²) in [6.07, 6.45) is 2.03. The van der Waals surface area contributed by atoms with Crippen LogP contribution < -0.4 is 5.56 Å². The number of carbonyl (C=O) groups excluding carboxylic acids is 1. The second kappa shape index (κ2) is 6.03. The number of hydrogen-bond acceptors (Lipinski definition) is 5. The summed E-state index contributed by atoms with van der Waals surface area (Å²) in [4.78, 5) is 30.0. The minimum atomic E-state index is -0.394. The van der Waals surface area contributed by atoms with Gasteiger partial charge in [0.1, 0.15) is 6.61 Å². The topological polar surface area (TPSA) is 60.7 Å². The number of benzene rings is 2. The summed E-state index contributed by atoms with van der Waals surface area (Å²) in [5, 5.41) is 4.00. The molecular formula is C21H16N2O3S. The van der Waals surface area contributed by atoms with Crippen molar-refractivity contribution in [2.45, 2.75) is 26.4 Å². The smallest absolute Gasteiger partial charge is 0.339 e. The summed E-state index contributed by atoms with van der Waals surface area (Å²) in [6, 6.07) is 11.3.